The van der Waals surface area contributed by atoms with E-state index in [1.165, 1.54) is 0 Å². The van der Waals surface area contributed by atoms with E-state index in [1.807, 2.05) is 0 Å². The molecule has 4 aliphatic carbocycles. The molecule has 0 spiro atoms. The minimum atomic E-state index is -1.50. The summed E-state index contributed by atoms with van der Waals surface area (Å²) in [4.78, 5) is 13.3. The van der Waals surface area contributed by atoms with Gasteiger partial charge in [-0.25, -0.2) is 8.78 Å². The number of hydrogen-bond acceptors (Lipinski definition) is 3. The van der Waals surface area contributed by atoms with Crippen molar-refractivity contribution in [2.75, 3.05) is 0 Å². The van der Waals surface area contributed by atoms with Gasteiger partial charge in [0.2, 0.25) is 0 Å². The van der Waals surface area contributed by atoms with Gasteiger partial charge < -0.3 is 10.2 Å². The Morgan fingerprint density at radius 2 is 1.62 bits per heavy atom. The molecule has 0 saturated heterocycles. The number of carbonyl (C=O) groups is 1. The third kappa shape index (κ3) is 3.99. The first kappa shape index (κ1) is 26.5. The summed E-state index contributed by atoms with van der Waals surface area (Å²) in [5, 5.41) is 22.3. The summed E-state index contributed by atoms with van der Waals surface area (Å²) in [5.41, 5.74) is -0.426. The summed E-state index contributed by atoms with van der Waals surface area (Å²) in [5.74, 6) is 1.35. The highest BCUT2D eigenvalue weighted by Gasteiger charge is 2.64. The Hall–Kier alpha value is -0.550. The van der Waals surface area contributed by atoms with Crippen LogP contribution in [0.4, 0.5) is 8.78 Å². The maximum atomic E-state index is 14.6. The van der Waals surface area contributed by atoms with Crippen LogP contribution in [0.25, 0.3) is 0 Å². The second-order valence-corrected chi connectivity index (χ2v) is 13.5. The molecule has 0 bridgehead atoms. The maximum Gasteiger partial charge on any atom is 0.136 e. The van der Waals surface area contributed by atoms with Crippen LogP contribution in [0, 0.1) is 58.2 Å². The molecule has 0 radical (unpaired) electrons. The summed E-state index contributed by atoms with van der Waals surface area (Å²) in [6, 6.07) is 0. The molecular weight excluding hydrogens is 434 g/mol. The highest BCUT2D eigenvalue weighted by molar-refractivity contribution is 5.83. The molecular formula is C29H48F2O3. The number of aliphatic hydroxyl groups is 2. The van der Waals surface area contributed by atoms with E-state index in [1.54, 1.807) is 0 Å². The normalized spacial score (nSPS) is 48.0. The quantitative estimate of drug-likeness (QED) is 0.477. The van der Waals surface area contributed by atoms with Crippen LogP contribution in [0.15, 0.2) is 0 Å². The third-order valence-corrected chi connectivity index (χ3v) is 11.8. The van der Waals surface area contributed by atoms with Gasteiger partial charge in [-0.2, -0.15) is 0 Å². The summed E-state index contributed by atoms with van der Waals surface area (Å²) in [6.45, 7) is 12.8. The number of Topliss-reactive ketones (excluding diaryl/α,β-unsaturated/α-hetero) is 1. The van der Waals surface area contributed by atoms with E-state index in [9.17, 15) is 23.8 Å². The van der Waals surface area contributed by atoms with E-state index in [0.717, 1.165) is 32.1 Å². The lowest BCUT2D eigenvalue weighted by Gasteiger charge is -2.60. The summed E-state index contributed by atoms with van der Waals surface area (Å²) < 4.78 is 28.8. The van der Waals surface area contributed by atoms with Crippen molar-refractivity contribution in [3.05, 3.63) is 0 Å². The number of ketones is 1. The topological polar surface area (TPSA) is 57.5 Å². The van der Waals surface area contributed by atoms with Crippen LogP contribution < -0.4 is 0 Å². The number of hydrogen-bond donors (Lipinski definition) is 2. The lowest BCUT2D eigenvalue weighted by Crippen LogP contribution is -2.59. The molecule has 3 nitrogen and oxygen atoms in total. The molecule has 0 unspecified atom stereocenters. The predicted molar refractivity (Wildman–Crippen MR) is 131 cm³/mol. The molecule has 0 heterocycles. The minimum Gasteiger partial charge on any atom is -0.390 e. The molecule has 13 atom stereocenters. The van der Waals surface area contributed by atoms with Crippen molar-refractivity contribution in [3.63, 3.8) is 0 Å². The van der Waals surface area contributed by atoms with Crippen molar-refractivity contribution in [2.24, 2.45) is 58.2 Å². The number of aliphatic hydroxyl groups excluding tert-OH is 2. The highest BCUT2D eigenvalue weighted by Crippen LogP contribution is 2.68. The van der Waals surface area contributed by atoms with Gasteiger partial charge in [-0.15, -0.1) is 0 Å². The fourth-order valence-electron chi connectivity index (χ4n) is 9.82. The Morgan fingerprint density at radius 1 is 0.971 bits per heavy atom. The van der Waals surface area contributed by atoms with Crippen molar-refractivity contribution >= 4 is 5.78 Å². The largest absolute Gasteiger partial charge is 0.390 e. The average molecular weight is 483 g/mol. The molecule has 0 amide bonds. The zero-order chi connectivity index (χ0) is 25.2. The minimum absolute atomic E-state index is 0.0106. The van der Waals surface area contributed by atoms with E-state index < -0.39 is 30.0 Å². The smallest absolute Gasteiger partial charge is 0.136 e. The molecule has 4 fully saturated rings. The van der Waals surface area contributed by atoms with Crippen molar-refractivity contribution in [2.45, 2.75) is 117 Å². The molecule has 4 aliphatic rings. The van der Waals surface area contributed by atoms with Crippen molar-refractivity contribution in [1.82, 2.24) is 0 Å². The van der Waals surface area contributed by atoms with Crippen LogP contribution in [0.1, 0.15) is 92.9 Å². The van der Waals surface area contributed by atoms with Gasteiger partial charge in [0.05, 0.1) is 12.2 Å². The zero-order valence-corrected chi connectivity index (χ0v) is 22.1. The molecule has 4 rings (SSSR count). The summed E-state index contributed by atoms with van der Waals surface area (Å²) in [7, 11) is 0. The van der Waals surface area contributed by atoms with Gasteiger partial charge in [-0.05, 0) is 90.8 Å². The molecule has 2 N–H and O–H groups in total. The zero-order valence-electron chi connectivity index (χ0n) is 22.1. The van der Waals surface area contributed by atoms with Crippen LogP contribution in [0.2, 0.25) is 0 Å². The van der Waals surface area contributed by atoms with Crippen molar-refractivity contribution in [1.29, 1.82) is 0 Å². The Labute approximate surface area is 205 Å². The van der Waals surface area contributed by atoms with Gasteiger partial charge in [-0.3, -0.25) is 4.79 Å². The van der Waals surface area contributed by atoms with Crippen LogP contribution >= 0.6 is 0 Å². The van der Waals surface area contributed by atoms with Gasteiger partial charge in [0.1, 0.15) is 18.1 Å². The van der Waals surface area contributed by atoms with Crippen molar-refractivity contribution < 1.29 is 23.8 Å². The molecule has 0 aliphatic heterocycles. The number of alkyl halides is 2. The second kappa shape index (κ2) is 9.39. The van der Waals surface area contributed by atoms with E-state index in [2.05, 4.69) is 41.5 Å². The second-order valence-electron chi connectivity index (χ2n) is 13.5. The molecule has 4 saturated carbocycles. The molecule has 0 aromatic heterocycles. The van der Waals surface area contributed by atoms with E-state index in [0.29, 0.717) is 24.2 Å². The number of fused-ring (bicyclic) bond motifs is 5. The van der Waals surface area contributed by atoms with Gasteiger partial charge >= 0.3 is 0 Å². The van der Waals surface area contributed by atoms with Crippen molar-refractivity contribution in [3.8, 4) is 0 Å². The predicted octanol–water partition coefficient (Wildman–Crippen LogP) is 6.15. The van der Waals surface area contributed by atoms with Gasteiger partial charge in [0.25, 0.3) is 0 Å². The first-order chi connectivity index (χ1) is 15.9. The molecule has 196 valence electrons. The third-order valence-electron chi connectivity index (χ3n) is 11.8. The fourth-order valence-corrected chi connectivity index (χ4v) is 9.82. The Morgan fingerprint density at radius 3 is 2.24 bits per heavy atom. The van der Waals surface area contributed by atoms with Crippen LogP contribution in [-0.4, -0.2) is 40.5 Å². The number of carbonyl (C=O) groups excluding carboxylic acids is 1. The van der Waals surface area contributed by atoms with E-state index in [-0.39, 0.29) is 53.6 Å². The standard InChI is InChI=1S/C29H48F2O3/c1-7-17(15(2)3)27(34)26(33)16(4)19-8-9-20-18-12-25(32)22-13-23(30)24(31)14-29(22,6)21(18)10-11-28(19,20)5/h15-24,26-27,33-34H,7-14H2,1-6H3/t16-,17-,18-,19+,20-,21-,22+,23-,24+,26-,27-,28+,29+/m0/s1. The lowest BCUT2D eigenvalue weighted by molar-refractivity contribution is -0.165. The lowest BCUT2D eigenvalue weighted by atomic mass is 9.44. The molecule has 34 heavy (non-hydrogen) atoms. The molecule has 0 aromatic carbocycles. The number of halogens is 2. The van der Waals surface area contributed by atoms with Crippen LogP contribution in [0.5, 0.6) is 0 Å². The highest BCUT2D eigenvalue weighted by atomic mass is 19.2. The Kier molecular flexibility index (Phi) is 7.33. The van der Waals surface area contributed by atoms with Crippen LogP contribution in [0.3, 0.4) is 0 Å². The van der Waals surface area contributed by atoms with Gasteiger partial charge in [-0.1, -0.05) is 48.0 Å². The van der Waals surface area contributed by atoms with Gasteiger partial charge in [0.15, 0.2) is 0 Å². The molecule has 5 heteroatoms. The monoisotopic (exact) mass is 482 g/mol. The fraction of sp³-hybridized carbons (Fsp3) is 0.966. The van der Waals surface area contributed by atoms with E-state index >= 15 is 0 Å². The molecule has 0 aromatic rings. The summed E-state index contributed by atoms with van der Waals surface area (Å²) in [6.07, 6.45) is 1.11. The first-order valence-corrected chi connectivity index (χ1v) is 14.0. The first-order valence-electron chi connectivity index (χ1n) is 14.0. The average Bonchev–Trinajstić information content (AvgIpc) is 3.12. The summed E-state index contributed by atoms with van der Waals surface area (Å²) >= 11 is 0. The Balaban J connectivity index is 1.55. The Bertz CT molecular complexity index is 758. The van der Waals surface area contributed by atoms with Gasteiger partial charge in [0, 0.05) is 12.3 Å². The number of rotatable bonds is 6. The maximum absolute atomic E-state index is 14.6. The van der Waals surface area contributed by atoms with Crippen LogP contribution in [-0.2, 0) is 4.79 Å². The SMILES string of the molecule is CC[C@@H](C(C)C)[C@H](O)[C@@H](O)[C@@H](C)[C@H]1CC[C@H]2[C@@H]3CC(=O)[C@H]4C[C@H](F)[C@H](F)C[C@]4(C)[C@H]3CC[C@]12C. The van der Waals surface area contributed by atoms with E-state index in [4.69, 9.17) is 0 Å².